The molecule has 3 rings (SSSR count). The van der Waals surface area contributed by atoms with Crippen LogP contribution in [0.2, 0.25) is 0 Å². The van der Waals surface area contributed by atoms with Crippen LogP contribution in [0, 0.1) is 6.92 Å². The zero-order valence-corrected chi connectivity index (χ0v) is 16.9. The number of rotatable bonds is 4. The van der Waals surface area contributed by atoms with Gasteiger partial charge >= 0.3 is 0 Å². The van der Waals surface area contributed by atoms with Crippen molar-refractivity contribution in [1.29, 1.82) is 0 Å². The fourth-order valence-electron chi connectivity index (χ4n) is 3.90. The topological polar surface area (TPSA) is 51.2 Å². The van der Waals surface area contributed by atoms with E-state index in [0.717, 1.165) is 64.6 Å². The normalized spacial score (nSPS) is 20.0. The lowest BCUT2D eigenvalue weighted by Crippen LogP contribution is -2.57. The third kappa shape index (κ3) is 5.01. The third-order valence-corrected chi connectivity index (χ3v) is 5.72. The first-order valence-electron chi connectivity index (χ1n) is 10.1. The zero-order valence-electron chi connectivity index (χ0n) is 16.9. The second-order valence-corrected chi connectivity index (χ2v) is 7.62. The third-order valence-electron chi connectivity index (χ3n) is 5.72. The summed E-state index contributed by atoms with van der Waals surface area (Å²) in [6.07, 6.45) is 2.30. The van der Waals surface area contributed by atoms with Crippen molar-refractivity contribution in [2.45, 2.75) is 39.3 Å². The fourth-order valence-corrected chi connectivity index (χ4v) is 3.90. The van der Waals surface area contributed by atoms with Crippen molar-refractivity contribution in [2.75, 3.05) is 46.3 Å². The Morgan fingerprint density at radius 3 is 2.26 bits per heavy atom. The van der Waals surface area contributed by atoms with Crippen LogP contribution in [0.1, 0.15) is 30.9 Å². The van der Waals surface area contributed by atoms with E-state index in [1.54, 1.807) is 0 Å². The summed E-state index contributed by atoms with van der Waals surface area (Å²) < 4.78 is 0. The Balaban J connectivity index is 1.48. The minimum atomic E-state index is -0.0206. The highest BCUT2D eigenvalue weighted by atomic mass is 16.2. The molecule has 148 valence electrons. The van der Waals surface area contributed by atoms with Gasteiger partial charge in [-0.1, -0.05) is 29.8 Å². The molecule has 0 saturated carbocycles. The number of nitrogens with zero attached hydrogens (tertiary/aromatic N) is 4. The Morgan fingerprint density at radius 1 is 1.04 bits per heavy atom. The molecule has 1 atom stereocenters. The number of amides is 1. The largest absolute Gasteiger partial charge is 0.352 e. The monoisotopic (exact) mass is 371 g/mol. The standard InChI is InChI=1S/C21H33N5O/c1-17-6-8-19(9-7-17)16-23-21(22-3)26-14-12-24(13-15-26)18(2)20(27)25-10-4-5-11-25/h6-9,18H,4-5,10-16H2,1-3H3,(H,22,23). The van der Waals surface area contributed by atoms with Crippen LogP contribution in [-0.4, -0.2) is 78.9 Å². The van der Waals surface area contributed by atoms with Crippen LogP contribution in [0.4, 0.5) is 0 Å². The van der Waals surface area contributed by atoms with Crippen molar-refractivity contribution in [2.24, 2.45) is 4.99 Å². The first-order valence-corrected chi connectivity index (χ1v) is 10.1. The predicted octanol–water partition coefficient (Wildman–Crippen LogP) is 1.70. The van der Waals surface area contributed by atoms with E-state index in [-0.39, 0.29) is 6.04 Å². The number of guanidine groups is 1. The van der Waals surface area contributed by atoms with E-state index in [1.165, 1.54) is 11.1 Å². The first-order chi connectivity index (χ1) is 13.1. The Labute approximate surface area is 163 Å². The highest BCUT2D eigenvalue weighted by molar-refractivity contribution is 5.82. The molecule has 27 heavy (non-hydrogen) atoms. The van der Waals surface area contributed by atoms with Gasteiger partial charge in [0, 0.05) is 52.9 Å². The summed E-state index contributed by atoms with van der Waals surface area (Å²) in [6, 6.07) is 8.56. The minimum Gasteiger partial charge on any atom is -0.352 e. The summed E-state index contributed by atoms with van der Waals surface area (Å²) >= 11 is 0. The van der Waals surface area contributed by atoms with Crippen LogP contribution in [-0.2, 0) is 11.3 Å². The van der Waals surface area contributed by atoms with Crippen LogP contribution in [0.5, 0.6) is 0 Å². The summed E-state index contributed by atoms with van der Waals surface area (Å²) in [6.45, 7) is 10.4. The molecule has 2 aliphatic rings. The van der Waals surface area contributed by atoms with Gasteiger partial charge in [0.1, 0.15) is 0 Å². The maximum Gasteiger partial charge on any atom is 0.239 e. The van der Waals surface area contributed by atoms with Gasteiger partial charge in [-0.05, 0) is 32.3 Å². The highest BCUT2D eigenvalue weighted by Gasteiger charge is 2.30. The first kappa shape index (κ1) is 19.7. The molecule has 1 N–H and O–H groups in total. The molecule has 1 aromatic carbocycles. The predicted molar refractivity (Wildman–Crippen MR) is 110 cm³/mol. The van der Waals surface area contributed by atoms with Gasteiger partial charge in [-0.15, -0.1) is 0 Å². The number of benzene rings is 1. The Hall–Kier alpha value is -2.08. The van der Waals surface area contributed by atoms with Gasteiger partial charge < -0.3 is 15.1 Å². The molecule has 6 heteroatoms. The van der Waals surface area contributed by atoms with Crippen molar-refractivity contribution in [1.82, 2.24) is 20.0 Å². The van der Waals surface area contributed by atoms with Crippen LogP contribution in [0.15, 0.2) is 29.3 Å². The lowest BCUT2D eigenvalue weighted by Gasteiger charge is -2.39. The number of nitrogens with one attached hydrogen (secondary N) is 1. The summed E-state index contributed by atoms with van der Waals surface area (Å²) in [5.74, 6) is 1.23. The number of carbonyl (C=O) groups is 1. The molecule has 6 nitrogen and oxygen atoms in total. The molecule has 0 aliphatic carbocycles. The molecule has 1 amide bonds. The number of aliphatic imine (C=N–C) groups is 1. The van der Waals surface area contributed by atoms with E-state index in [4.69, 9.17) is 0 Å². The van der Waals surface area contributed by atoms with Gasteiger partial charge in [-0.3, -0.25) is 14.7 Å². The van der Waals surface area contributed by atoms with E-state index in [2.05, 4.69) is 58.2 Å². The van der Waals surface area contributed by atoms with Crippen molar-refractivity contribution in [3.8, 4) is 0 Å². The SMILES string of the molecule is CN=C(NCc1ccc(C)cc1)N1CCN(C(C)C(=O)N2CCCC2)CC1. The second kappa shape index (κ2) is 9.22. The van der Waals surface area contributed by atoms with Gasteiger partial charge in [0.05, 0.1) is 6.04 Å². The highest BCUT2D eigenvalue weighted by Crippen LogP contribution is 2.14. The molecule has 2 saturated heterocycles. The maximum absolute atomic E-state index is 12.6. The van der Waals surface area contributed by atoms with Gasteiger partial charge in [-0.2, -0.15) is 0 Å². The van der Waals surface area contributed by atoms with Gasteiger partial charge in [-0.25, -0.2) is 0 Å². The number of aryl methyl sites for hydroxylation is 1. The molecule has 0 radical (unpaired) electrons. The minimum absolute atomic E-state index is 0.0206. The van der Waals surface area contributed by atoms with Crippen LogP contribution >= 0.6 is 0 Å². The fraction of sp³-hybridized carbons (Fsp3) is 0.619. The average Bonchev–Trinajstić information content (AvgIpc) is 3.24. The Morgan fingerprint density at radius 2 is 1.67 bits per heavy atom. The lowest BCUT2D eigenvalue weighted by atomic mass is 10.1. The van der Waals surface area contributed by atoms with E-state index in [1.807, 2.05) is 11.9 Å². The molecular weight excluding hydrogens is 338 g/mol. The van der Waals surface area contributed by atoms with Crippen molar-refractivity contribution in [3.63, 3.8) is 0 Å². The summed E-state index contributed by atoms with van der Waals surface area (Å²) in [4.78, 5) is 23.7. The van der Waals surface area contributed by atoms with Crippen molar-refractivity contribution in [3.05, 3.63) is 35.4 Å². The number of likely N-dealkylation sites (tertiary alicyclic amines) is 1. The average molecular weight is 372 g/mol. The second-order valence-electron chi connectivity index (χ2n) is 7.62. The molecule has 2 heterocycles. The zero-order chi connectivity index (χ0) is 19.2. The Bertz CT molecular complexity index is 643. The van der Waals surface area contributed by atoms with E-state index in [9.17, 15) is 4.79 Å². The molecule has 1 aromatic rings. The van der Waals surface area contributed by atoms with Gasteiger partial charge in [0.25, 0.3) is 0 Å². The quantitative estimate of drug-likeness (QED) is 0.647. The smallest absolute Gasteiger partial charge is 0.239 e. The van der Waals surface area contributed by atoms with Crippen LogP contribution < -0.4 is 5.32 Å². The molecule has 0 bridgehead atoms. The van der Waals surface area contributed by atoms with E-state index in [0.29, 0.717) is 5.91 Å². The van der Waals surface area contributed by atoms with Gasteiger partial charge in [0.2, 0.25) is 5.91 Å². The van der Waals surface area contributed by atoms with Crippen LogP contribution in [0.3, 0.4) is 0 Å². The van der Waals surface area contributed by atoms with E-state index >= 15 is 0 Å². The molecule has 2 aliphatic heterocycles. The summed E-state index contributed by atoms with van der Waals surface area (Å²) in [7, 11) is 1.84. The number of piperazine rings is 1. The Kier molecular flexibility index (Phi) is 6.72. The van der Waals surface area contributed by atoms with Crippen molar-refractivity contribution < 1.29 is 4.79 Å². The number of carbonyl (C=O) groups excluding carboxylic acids is 1. The van der Waals surface area contributed by atoms with Crippen LogP contribution in [0.25, 0.3) is 0 Å². The van der Waals surface area contributed by atoms with E-state index < -0.39 is 0 Å². The summed E-state index contributed by atoms with van der Waals surface area (Å²) in [5, 5.41) is 3.47. The summed E-state index contributed by atoms with van der Waals surface area (Å²) in [5.41, 5.74) is 2.53. The van der Waals surface area contributed by atoms with Crippen molar-refractivity contribution >= 4 is 11.9 Å². The number of hydrogen-bond acceptors (Lipinski definition) is 3. The molecule has 2 fully saturated rings. The molecule has 0 aromatic heterocycles. The maximum atomic E-state index is 12.6. The molecular formula is C21H33N5O. The molecule has 1 unspecified atom stereocenters. The van der Waals surface area contributed by atoms with Gasteiger partial charge in [0.15, 0.2) is 5.96 Å². The lowest BCUT2D eigenvalue weighted by molar-refractivity contribution is -0.135. The number of hydrogen-bond donors (Lipinski definition) is 1. The molecule has 0 spiro atoms.